The monoisotopic (exact) mass is 259 g/mol. The van der Waals surface area contributed by atoms with Crippen molar-refractivity contribution in [1.29, 1.82) is 0 Å². The molecule has 0 fully saturated rings. The second-order valence-corrected chi connectivity index (χ2v) is 4.57. The highest BCUT2D eigenvalue weighted by Crippen LogP contribution is 2.31. The minimum absolute atomic E-state index is 0.573. The van der Waals surface area contributed by atoms with Crippen LogP contribution in [0.3, 0.4) is 0 Å². The van der Waals surface area contributed by atoms with Gasteiger partial charge in [0.1, 0.15) is 5.75 Å². The molecule has 1 aromatic carbocycles. The number of nitrogens with zero attached hydrogens (tertiary/aromatic N) is 2. The van der Waals surface area contributed by atoms with Crippen LogP contribution >= 0.6 is 0 Å². The van der Waals surface area contributed by atoms with E-state index in [1.165, 1.54) is 5.56 Å². The number of rotatable bonds is 5. The first kappa shape index (κ1) is 13.6. The van der Waals surface area contributed by atoms with Gasteiger partial charge in [0.25, 0.3) is 0 Å². The third-order valence-corrected chi connectivity index (χ3v) is 3.19. The molecule has 2 N–H and O–H groups in total. The molecule has 0 saturated carbocycles. The lowest BCUT2D eigenvalue weighted by Crippen LogP contribution is -2.12. The Labute approximate surface area is 114 Å². The fourth-order valence-corrected chi connectivity index (χ4v) is 2.23. The van der Waals surface area contributed by atoms with Crippen molar-refractivity contribution in [3.8, 4) is 17.0 Å². The van der Waals surface area contributed by atoms with E-state index in [1.54, 1.807) is 7.11 Å². The first-order chi connectivity index (χ1) is 9.19. The lowest BCUT2D eigenvalue weighted by Gasteiger charge is -2.12. The Morgan fingerprint density at radius 3 is 2.74 bits per heavy atom. The first-order valence-electron chi connectivity index (χ1n) is 6.61. The van der Waals surface area contributed by atoms with Gasteiger partial charge >= 0.3 is 0 Å². The molecular formula is C15H21N3O. The molecule has 1 aromatic heterocycles. The normalized spacial score (nSPS) is 10.7. The summed E-state index contributed by atoms with van der Waals surface area (Å²) in [6.45, 7) is 5.42. The first-order valence-corrected chi connectivity index (χ1v) is 6.61. The molecular weight excluding hydrogens is 238 g/mol. The summed E-state index contributed by atoms with van der Waals surface area (Å²) in [5, 5.41) is 4.49. The van der Waals surface area contributed by atoms with Crippen molar-refractivity contribution in [3.05, 3.63) is 35.5 Å². The highest BCUT2D eigenvalue weighted by Gasteiger charge is 2.13. The Balaban J connectivity index is 2.55. The van der Waals surface area contributed by atoms with Crippen molar-refractivity contribution in [3.63, 3.8) is 0 Å². The molecule has 0 bridgehead atoms. The maximum Gasteiger partial charge on any atom is 0.128 e. The number of hydrogen-bond acceptors (Lipinski definition) is 3. The third kappa shape index (κ3) is 2.79. The van der Waals surface area contributed by atoms with Gasteiger partial charge in [0.15, 0.2) is 0 Å². The summed E-state index contributed by atoms with van der Waals surface area (Å²) in [5.74, 6) is 0.871. The van der Waals surface area contributed by atoms with Crippen LogP contribution < -0.4 is 10.5 Å². The predicted molar refractivity (Wildman–Crippen MR) is 77.4 cm³/mol. The van der Waals surface area contributed by atoms with Crippen molar-refractivity contribution in [2.45, 2.75) is 26.8 Å². The van der Waals surface area contributed by atoms with Gasteiger partial charge in [0.2, 0.25) is 0 Å². The van der Waals surface area contributed by atoms with Crippen LogP contribution in [0, 0.1) is 6.92 Å². The van der Waals surface area contributed by atoms with Crippen LogP contribution in [0.15, 0.2) is 24.3 Å². The second kappa shape index (κ2) is 5.89. The molecule has 0 radical (unpaired) electrons. The molecule has 4 heteroatoms. The number of ether oxygens (including phenoxy) is 1. The zero-order valence-corrected chi connectivity index (χ0v) is 11.8. The Hall–Kier alpha value is -1.81. The van der Waals surface area contributed by atoms with E-state index in [0.29, 0.717) is 13.1 Å². The average molecular weight is 259 g/mol. The Bertz CT molecular complexity index is 561. The summed E-state index contributed by atoms with van der Waals surface area (Å²) in [7, 11) is 1.70. The van der Waals surface area contributed by atoms with E-state index < -0.39 is 0 Å². The molecule has 102 valence electrons. The summed E-state index contributed by atoms with van der Waals surface area (Å²) in [6, 6.07) is 8.36. The van der Waals surface area contributed by atoms with Crippen molar-refractivity contribution in [2.75, 3.05) is 13.7 Å². The van der Waals surface area contributed by atoms with E-state index >= 15 is 0 Å². The van der Waals surface area contributed by atoms with E-state index in [-0.39, 0.29) is 0 Å². The number of benzene rings is 1. The predicted octanol–water partition coefficient (Wildman–Crippen LogP) is 2.39. The third-order valence-electron chi connectivity index (χ3n) is 3.19. The zero-order valence-electron chi connectivity index (χ0n) is 11.8. The fraction of sp³-hybridized carbons (Fsp3) is 0.400. The van der Waals surface area contributed by atoms with Crippen LogP contribution in [0.25, 0.3) is 11.3 Å². The molecule has 0 aliphatic rings. The zero-order chi connectivity index (χ0) is 13.8. The van der Waals surface area contributed by atoms with Crippen LogP contribution in [0.2, 0.25) is 0 Å². The molecule has 4 nitrogen and oxygen atoms in total. The van der Waals surface area contributed by atoms with Crippen LogP contribution in [-0.2, 0) is 13.0 Å². The SMILES string of the molecule is CCc1ccc(OC)c(-c2cc(C)nn2CCN)c1. The van der Waals surface area contributed by atoms with Crippen molar-refractivity contribution >= 4 is 0 Å². The Morgan fingerprint density at radius 2 is 2.11 bits per heavy atom. The number of nitrogens with two attached hydrogens (primary N) is 1. The van der Waals surface area contributed by atoms with Crippen LogP contribution in [0.5, 0.6) is 5.75 Å². The minimum atomic E-state index is 0.573. The number of aromatic nitrogens is 2. The number of methoxy groups -OCH3 is 1. The summed E-state index contributed by atoms with van der Waals surface area (Å²) >= 11 is 0. The van der Waals surface area contributed by atoms with Crippen LogP contribution in [0.4, 0.5) is 0 Å². The van der Waals surface area contributed by atoms with Gasteiger partial charge in [-0.2, -0.15) is 5.10 Å². The molecule has 0 aliphatic heterocycles. The maximum absolute atomic E-state index is 5.65. The molecule has 2 rings (SSSR count). The van der Waals surface area contributed by atoms with E-state index in [2.05, 4.69) is 30.2 Å². The van der Waals surface area contributed by atoms with E-state index in [1.807, 2.05) is 17.7 Å². The van der Waals surface area contributed by atoms with Gasteiger partial charge in [-0.15, -0.1) is 0 Å². The molecule has 2 aromatic rings. The Morgan fingerprint density at radius 1 is 1.32 bits per heavy atom. The maximum atomic E-state index is 5.65. The lowest BCUT2D eigenvalue weighted by molar-refractivity contribution is 0.415. The molecule has 19 heavy (non-hydrogen) atoms. The lowest BCUT2D eigenvalue weighted by atomic mass is 10.0. The van der Waals surface area contributed by atoms with E-state index in [0.717, 1.165) is 29.1 Å². The molecule has 0 amide bonds. The standard InChI is InChI=1S/C15H21N3O/c1-4-12-5-6-15(19-3)13(10-12)14-9-11(2)17-18(14)8-7-16/h5-6,9-10H,4,7-8,16H2,1-3H3. The average Bonchev–Trinajstić information content (AvgIpc) is 2.79. The molecule has 0 spiro atoms. The largest absolute Gasteiger partial charge is 0.496 e. The summed E-state index contributed by atoms with van der Waals surface area (Å²) in [4.78, 5) is 0. The van der Waals surface area contributed by atoms with E-state index in [4.69, 9.17) is 10.5 Å². The van der Waals surface area contributed by atoms with Gasteiger partial charge in [-0.25, -0.2) is 0 Å². The topological polar surface area (TPSA) is 53.1 Å². The highest BCUT2D eigenvalue weighted by atomic mass is 16.5. The fourth-order valence-electron chi connectivity index (χ4n) is 2.23. The molecule has 0 unspecified atom stereocenters. The van der Waals surface area contributed by atoms with Crippen molar-refractivity contribution in [1.82, 2.24) is 9.78 Å². The number of hydrogen-bond donors (Lipinski definition) is 1. The van der Waals surface area contributed by atoms with Gasteiger partial charge in [-0.1, -0.05) is 13.0 Å². The van der Waals surface area contributed by atoms with Crippen LogP contribution in [-0.4, -0.2) is 23.4 Å². The van der Waals surface area contributed by atoms with Crippen molar-refractivity contribution in [2.24, 2.45) is 5.73 Å². The summed E-state index contributed by atoms with van der Waals surface area (Å²) in [6.07, 6.45) is 1.00. The summed E-state index contributed by atoms with van der Waals surface area (Å²) in [5.41, 5.74) is 10.1. The molecule has 0 atom stereocenters. The minimum Gasteiger partial charge on any atom is -0.496 e. The summed E-state index contributed by atoms with van der Waals surface area (Å²) < 4.78 is 7.42. The van der Waals surface area contributed by atoms with Crippen LogP contribution in [0.1, 0.15) is 18.2 Å². The van der Waals surface area contributed by atoms with Crippen molar-refractivity contribution < 1.29 is 4.74 Å². The molecule has 1 heterocycles. The molecule has 0 aliphatic carbocycles. The highest BCUT2D eigenvalue weighted by molar-refractivity contribution is 5.68. The smallest absolute Gasteiger partial charge is 0.128 e. The van der Waals surface area contributed by atoms with E-state index in [9.17, 15) is 0 Å². The number of aryl methyl sites for hydroxylation is 2. The second-order valence-electron chi connectivity index (χ2n) is 4.57. The van der Waals surface area contributed by atoms with Gasteiger partial charge < -0.3 is 10.5 Å². The van der Waals surface area contributed by atoms with Gasteiger partial charge in [0.05, 0.1) is 25.0 Å². The molecule has 0 saturated heterocycles. The van der Waals surface area contributed by atoms with Gasteiger partial charge in [0, 0.05) is 12.1 Å². The Kier molecular flexibility index (Phi) is 4.22. The quantitative estimate of drug-likeness (QED) is 0.897. The van der Waals surface area contributed by atoms with Gasteiger partial charge in [-0.3, -0.25) is 4.68 Å². The van der Waals surface area contributed by atoms with Gasteiger partial charge in [-0.05, 0) is 37.1 Å².